The summed E-state index contributed by atoms with van der Waals surface area (Å²) in [5.41, 5.74) is 1.51. The molecule has 0 aliphatic carbocycles. The largest absolute Gasteiger partial charge is 0.493 e. The molecule has 0 aliphatic heterocycles. The lowest BCUT2D eigenvalue weighted by atomic mass is 10.1. The second-order valence-electron chi connectivity index (χ2n) is 5.41. The Balaban J connectivity index is 1.62. The molecule has 2 aromatic carbocycles. The molecule has 0 bridgehead atoms. The molecule has 0 amide bonds. The van der Waals surface area contributed by atoms with Gasteiger partial charge in [-0.05, 0) is 35.9 Å². The van der Waals surface area contributed by atoms with Crippen molar-refractivity contribution in [3.63, 3.8) is 0 Å². The van der Waals surface area contributed by atoms with Gasteiger partial charge < -0.3 is 14.3 Å². The van der Waals surface area contributed by atoms with Gasteiger partial charge in [-0.3, -0.25) is 9.59 Å². The number of furan rings is 1. The molecule has 0 aliphatic rings. The third-order valence-corrected chi connectivity index (χ3v) is 3.56. The van der Waals surface area contributed by atoms with Crippen molar-refractivity contribution < 1.29 is 23.8 Å². The minimum absolute atomic E-state index is 0.0480. The lowest BCUT2D eigenvalue weighted by Gasteiger charge is -2.04. The van der Waals surface area contributed by atoms with E-state index in [2.05, 4.69) is 0 Å². The van der Waals surface area contributed by atoms with Gasteiger partial charge in [-0.25, -0.2) is 0 Å². The summed E-state index contributed by atoms with van der Waals surface area (Å²) in [4.78, 5) is 22.6. The monoisotopic (exact) mass is 336 g/mol. The Morgan fingerprint density at radius 1 is 1.08 bits per heavy atom. The molecule has 0 atom stereocenters. The van der Waals surface area contributed by atoms with E-state index < -0.39 is 5.97 Å². The molecule has 25 heavy (non-hydrogen) atoms. The number of hydrogen-bond acceptors (Lipinski definition) is 4. The third-order valence-electron chi connectivity index (χ3n) is 3.56. The average Bonchev–Trinajstić information content (AvgIpc) is 3.05. The standard InChI is InChI=1S/C20H16O5/c21-17(19-13-15-3-1-2-4-18(15)25-19)10-7-14-5-8-16(9-6-14)24-12-11-20(22)23/h1-10,13H,11-12H2,(H,22,23)/b10-7+. The van der Waals surface area contributed by atoms with Crippen LogP contribution in [0.4, 0.5) is 0 Å². The number of ether oxygens (including phenoxy) is 1. The lowest BCUT2D eigenvalue weighted by Crippen LogP contribution is -2.04. The number of carbonyl (C=O) groups excluding carboxylic acids is 1. The Kier molecular flexibility index (Phi) is 4.95. The third kappa shape index (κ3) is 4.35. The first-order valence-electron chi connectivity index (χ1n) is 7.77. The van der Waals surface area contributed by atoms with E-state index in [4.69, 9.17) is 14.3 Å². The van der Waals surface area contributed by atoms with Gasteiger partial charge >= 0.3 is 5.97 Å². The zero-order valence-electron chi connectivity index (χ0n) is 13.3. The van der Waals surface area contributed by atoms with E-state index in [1.54, 1.807) is 36.4 Å². The van der Waals surface area contributed by atoms with Crippen LogP contribution in [0.15, 0.2) is 65.1 Å². The molecule has 0 spiro atoms. The minimum atomic E-state index is -0.899. The number of ketones is 1. The molecule has 1 heterocycles. The van der Waals surface area contributed by atoms with Crippen molar-refractivity contribution in [3.05, 3.63) is 72.0 Å². The number of rotatable bonds is 7. The summed E-state index contributed by atoms with van der Waals surface area (Å²) in [7, 11) is 0. The molecule has 0 unspecified atom stereocenters. The van der Waals surface area contributed by atoms with Gasteiger partial charge in [0, 0.05) is 5.39 Å². The van der Waals surface area contributed by atoms with Crippen LogP contribution in [0, 0.1) is 0 Å². The molecule has 0 fully saturated rings. The lowest BCUT2D eigenvalue weighted by molar-refractivity contribution is -0.137. The van der Waals surface area contributed by atoms with E-state index in [1.807, 2.05) is 24.3 Å². The van der Waals surface area contributed by atoms with Crippen molar-refractivity contribution in [1.29, 1.82) is 0 Å². The van der Waals surface area contributed by atoms with E-state index in [-0.39, 0.29) is 18.8 Å². The molecule has 0 radical (unpaired) electrons. The molecule has 1 N–H and O–H groups in total. The highest BCUT2D eigenvalue weighted by Crippen LogP contribution is 2.20. The van der Waals surface area contributed by atoms with Gasteiger partial charge in [0.15, 0.2) is 5.76 Å². The van der Waals surface area contributed by atoms with Gasteiger partial charge in [-0.15, -0.1) is 0 Å². The predicted molar refractivity (Wildman–Crippen MR) is 93.8 cm³/mol. The Bertz CT molecular complexity index is 886. The van der Waals surface area contributed by atoms with Crippen LogP contribution >= 0.6 is 0 Å². The van der Waals surface area contributed by atoms with Gasteiger partial charge in [0.2, 0.25) is 5.78 Å². The summed E-state index contributed by atoms with van der Waals surface area (Å²) in [5, 5.41) is 9.46. The fourth-order valence-corrected chi connectivity index (χ4v) is 2.29. The van der Waals surface area contributed by atoms with Gasteiger partial charge in [-0.2, -0.15) is 0 Å². The summed E-state index contributed by atoms with van der Waals surface area (Å²) in [6.45, 7) is 0.120. The van der Waals surface area contributed by atoms with Crippen LogP contribution in [0.5, 0.6) is 5.75 Å². The van der Waals surface area contributed by atoms with E-state index in [1.165, 1.54) is 6.08 Å². The molecule has 5 nitrogen and oxygen atoms in total. The quantitative estimate of drug-likeness (QED) is 0.517. The number of para-hydroxylation sites is 1. The highest BCUT2D eigenvalue weighted by atomic mass is 16.5. The Morgan fingerprint density at radius 2 is 1.84 bits per heavy atom. The zero-order chi connectivity index (χ0) is 17.6. The molecule has 1 aromatic heterocycles. The first kappa shape index (κ1) is 16.5. The van der Waals surface area contributed by atoms with Crippen LogP contribution in [0.25, 0.3) is 17.0 Å². The molecule has 0 saturated heterocycles. The Morgan fingerprint density at radius 3 is 2.56 bits per heavy atom. The minimum Gasteiger partial charge on any atom is -0.493 e. The van der Waals surface area contributed by atoms with Gasteiger partial charge in [0.05, 0.1) is 13.0 Å². The molecular formula is C20H16O5. The van der Waals surface area contributed by atoms with Crippen LogP contribution in [0.1, 0.15) is 22.5 Å². The van der Waals surface area contributed by atoms with Gasteiger partial charge in [0.1, 0.15) is 11.3 Å². The van der Waals surface area contributed by atoms with Crippen LogP contribution in [0.3, 0.4) is 0 Å². The topological polar surface area (TPSA) is 76.7 Å². The number of benzene rings is 2. The summed E-state index contributed by atoms with van der Waals surface area (Å²) in [6, 6.07) is 16.2. The second-order valence-corrected chi connectivity index (χ2v) is 5.41. The maximum Gasteiger partial charge on any atom is 0.306 e. The van der Waals surface area contributed by atoms with Crippen molar-refractivity contribution in [2.24, 2.45) is 0 Å². The number of allylic oxidation sites excluding steroid dienone is 1. The van der Waals surface area contributed by atoms with E-state index in [0.717, 1.165) is 10.9 Å². The molecule has 126 valence electrons. The van der Waals surface area contributed by atoms with Crippen LogP contribution in [-0.4, -0.2) is 23.5 Å². The van der Waals surface area contributed by atoms with Crippen molar-refractivity contribution in [2.75, 3.05) is 6.61 Å². The van der Waals surface area contributed by atoms with Crippen molar-refractivity contribution >= 4 is 28.8 Å². The summed E-state index contributed by atoms with van der Waals surface area (Å²) >= 11 is 0. The van der Waals surface area contributed by atoms with Crippen LogP contribution in [0.2, 0.25) is 0 Å². The number of hydrogen-bond donors (Lipinski definition) is 1. The van der Waals surface area contributed by atoms with Gasteiger partial charge in [-0.1, -0.05) is 36.4 Å². The van der Waals surface area contributed by atoms with Crippen molar-refractivity contribution in [2.45, 2.75) is 6.42 Å². The highest BCUT2D eigenvalue weighted by molar-refractivity contribution is 6.06. The molecule has 3 aromatic rings. The Labute approximate surface area is 144 Å². The summed E-state index contributed by atoms with van der Waals surface area (Å²) < 4.78 is 10.8. The fraction of sp³-hybridized carbons (Fsp3) is 0.100. The maximum absolute atomic E-state index is 12.2. The number of fused-ring (bicyclic) bond motifs is 1. The molecule has 5 heteroatoms. The number of carbonyl (C=O) groups is 2. The summed E-state index contributed by atoms with van der Waals surface area (Å²) in [6.07, 6.45) is 3.10. The van der Waals surface area contributed by atoms with E-state index in [0.29, 0.717) is 17.1 Å². The maximum atomic E-state index is 12.2. The normalized spacial score (nSPS) is 11.0. The van der Waals surface area contributed by atoms with Crippen LogP contribution < -0.4 is 4.74 Å². The number of aliphatic carboxylic acids is 1. The average molecular weight is 336 g/mol. The fourth-order valence-electron chi connectivity index (χ4n) is 2.29. The highest BCUT2D eigenvalue weighted by Gasteiger charge is 2.08. The first-order valence-corrected chi connectivity index (χ1v) is 7.77. The Hall–Kier alpha value is -3.34. The van der Waals surface area contributed by atoms with Gasteiger partial charge in [0.25, 0.3) is 0 Å². The summed E-state index contributed by atoms with van der Waals surface area (Å²) in [5.74, 6) is -0.227. The van der Waals surface area contributed by atoms with Crippen molar-refractivity contribution in [1.82, 2.24) is 0 Å². The number of carboxylic acid groups (broad SMARTS) is 1. The molecule has 0 saturated carbocycles. The smallest absolute Gasteiger partial charge is 0.306 e. The molecule has 3 rings (SSSR count). The van der Waals surface area contributed by atoms with Crippen molar-refractivity contribution in [3.8, 4) is 5.75 Å². The second kappa shape index (κ2) is 7.49. The van der Waals surface area contributed by atoms with E-state index in [9.17, 15) is 9.59 Å². The zero-order valence-corrected chi connectivity index (χ0v) is 13.3. The van der Waals surface area contributed by atoms with Crippen LogP contribution in [-0.2, 0) is 4.79 Å². The number of carboxylic acids is 1. The predicted octanol–water partition coefficient (Wildman–Crippen LogP) is 4.18. The van der Waals surface area contributed by atoms with E-state index >= 15 is 0 Å². The first-order chi connectivity index (χ1) is 12.1. The molecular weight excluding hydrogens is 320 g/mol. The SMILES string of the molecule is O=C(O)CCOc1ccc(/C=C/C(=O)c2cc3ccccc3o2)cc1.